The first-order valence-corrected chi connectivity index (χ1v) is 6.08. The maximum Gasteiger partial charge on any atom is 0.196 e. The number of aromatic nitrogens is 1. The highest BCUT2D eigenvalue weighted by Gasteiger charge is 2.16. The first kappa shape index (κ1) is 13.4. The summed E-state index contributed by atoms with van der Waals surface area (Å²) in [6.45, 7) is 2.41. The molecule has 19 heavy (non-hydrogen) atoms. The van der Waals surface area contributed by atoms with Crippen molar-refractivity contribution < 1.29 is 13.9 Å². The molecule has 102 valence electrons. The predicted octanol–water partition coefficient (Wildman–Crippen LogP) is 2.17. The first-order chi connectivity index (χ1) is 9.19. The lowest BCUT2D eigenvalue weighted by Gasteiger charge is -2.08. The van der Waals surface area contributed by atoms with Crippen LogP contribution in [-0.2, 0) is 6.42 Å². The number of methoxy groups -OCH3 is 2. The minimum Gasteiger partial charge on any atom is -0.497 e. The van der Waals surface area contributed by atoms with E-state index in [1.54, 1.807) is 14.2 Å². The Balaban J connectivity index is 2.50. The lowest BCUT2D eigenvalue weighted by molar-refractivity contribution is 0.402. The Morgan fingerprint density at radius 1 is 1.26 bits per heavy atom. The zero-order valence-corrected chi connectivity index (χ0v) is 11.4. The van der Waals surface area contributed by atoms with Crippen molar-refractivity contribution >= 4 is 0 Å². The lowest BCUT2D eigenvalue weighted by Crippen LogP contribution is -2.02. The molecule has 5 nitrogen and oxygen atoms in total. The molecule has 2 rings (SSSR count). The number of rotatable bonds is 5. The molecule has 0 fully saturated rings. The van der Waals surface area contributed by atoms with Crippen molar-refractivity contribution in [3.8, 4) is 22.8 Å². The number of hydrogen-bond acceptors (Lipinski definition) is 5. The second-order valence-corrected chi connectivity index (χ2v) is 4.13. The summed E-state index contributed by atoms with van der Waals surface area (Å²) in [5, 5.41) is 0. The standard InChI is InChI=1S/C14H18N2O3/c1-9-14(19-13(16-9)6-7-15)11-8-10(17-2)4-5-12(11)18-3/h4-5,8H,6-7,15H2,1-3H3. The molecule has 1 aromatic carbocycles. The van der Waals surface area contributed by atoms with Gasteiger partial charge in [-0.1, -0.05) is 0 Å². The van der Waals surface area contributed by atoms with Gasteiger partial charge in [0.15, 0.2) is 11.7 Å². The van der Waals surface area contributed by atoms with Crippen molar-refractivity contribution in [2.45, 2.75) is 13.3 Å². The zero-order valence-electron chi connectivity index (χ0n) is 11.4. The fourth-order valence-corrected chi connectivity index (χ4v) is 1.92. The Morgan fingerprint density at radius 2 is 2.05 bits per heavy atom. The fraction of sp³-hybridized carbons (Fsp3) is 0.357. The van der Waals surface area contributed by atoms with Gasteiger partial charge in [-0.15, -0.1) is 0 Å². The largest absolute Gasteiger partial charge is 0.497 e. The van der Waals surface area contributed by atoms with Gasteiger partial charge in [0.1, 0.15) is 11.5 Å². The quantitative estimate of drug-likeness (QED) is 0.894. The number of hydrogen-bond donors (Lipinski definition) is 1. The van der Waals surface area contributed by atoms with E-state index in [1.165, 1.54) is 0 Å². The van der Waals surface area contributed by atoms with E-state index in [4.69, 9.17) is 19.6 Å². The summed E-state index contributed by atoms with van der Waals surface area (Å²) in [5.41, 5.74) is 7.16. The summed E-state index contributed by atoms with van der Waals surface area (Å²) in [7, 11) is 3.25. The van der Waals surface area contributed by atoms with Crippen LogP contribution in [0, 0.1) is 6.92 Å². The van der Waals surface area contributed by atoms with Crippen molar-refractivity contribution in [1.82, 2.24) is 4.98 Å². The maximum absolute atomic E-state index is 5.76. The van der Waals surface area contributed by atoms with Crippen LogP contribution in [0.1, 0.15) is 11.6 Å². The average molecular weight is 262 g/mol. The van der Waals surface area contributed by atoms with Crippen molar-refractivity contribution in [1.29, 1.82) is 0 Å². The van der Waals surface area contributed by atoms with Gasteiger partial charge in [0, 0.05) is 13.0 Å². The van der Waals surface area contributed by atoms with Crippen molar-refractivity contribution in [2.24, 2.45) is 5.73 Å². The smallest absolute Gasteiger partial charge is 0.196 e. The van der Waals surface area contributed by atoms with Gasteiger partial charge in [0.2, 0.25) is 0 Å². The highest BCUT2D eigenvalue weighted by atomic mass is 16.5. The average Bonchev–Trinajstić information content (AvgIpc) is 2.79. The molecule has 0 atom stereocenters. The molecule has 0 spiro atoms. The van der Waals surface area contributed by atoms with E-state index >= 15 is 0 Å². The Kier molecular flexibility index (Phi) is 4.06. The van der Waals surface area contributed by atoms with E-state index in [0.29, 0.717) is 24.6 Å². The molecule has 0 aliphatic rings. The zero-order chi connectivity index (χ0) is 13.8. The van der Waals surface area contributed by atoms with Gasteiger partial charge >= 0.3 is 0 Å². The third-order valence-electron chi connectivity index (χ3n) is 2.85. The van der Waals surface area contributed by atoms with E-state index < -0.39 is 0 Å². The Bertz CT molecular complexity index is 564. The summed E-state index contributed by atoms with van der Waals surface area (Å²) in [6.07, 6.45) is 0.618. The highest BCUT2D eigenvalue weighted by molar-refractivity contribution is 5.69. The van der Waals surface area contributed by atoms with Crippen LogP contribution in [-0.4, -0.2) is 25.7 Å². The Morgan fingerprint density at radius 3 is 2.68 bits per heavy atom. The molecule has 0 saturated carbocycles. The van der Waals surface area contributed by atoms with Gasteiger partial charge in [-0.25, -0.2) is 4.98 Å². The minimum atomic E-state index is 0.509. The molecular weight excluding hydrogens is 244 g/mol. The second-order valence-electron chi connectivity index (χ2n) is 4.13. The summed E-state index contributed by atoms with van der Waals surface area (Å²) >= 11 is 0. The normalized spacial score (nSPS) is 10.5. The molecule has 0 aliphatic carbocycles. The molecule has 0 aliphatic heterocycles. The number of aryl methyl sites for hydroxylation is 1. The molecule has 1 aromatic heterocycles. The molecule has 0 bridgehead atoms. The van der Waals surface area contributed by atoms with Crippen LogP contribution in [0.3, 0.4) is 0 Å². The molecule has 0 amide bonds. The van der Waals surface area contributed by atoms with Crippen LogP contribution in [0.2, 0.25) is 0 Å². The fourth-order valence-electron chi connectivity index (χ4n) is 1.92. The minimum absolute atomic E-state index is 0.509. The van der Waals surface area contributed by atoms with Crippen LogP contribution in [0.25, 0.3) is 11.3 Å². The van der Waals surface area contributed by atoms with Crippen LogP contribution >= 0.6 is 0 Å². The maximum atomic E-state index is 5.76. The molecule has 0 saturated heterocycles. The molecule has 1 heterocycles. The van der Waals surface area contributed by atoms with Crippen LogP contribution in [0.5, 0.6) is 11.5 Å². The van der Waals surface area contributed by atoms with Crippen molar-refractivity contribution in [3.05, 3.63) is 29.8 Å². The number of oxazole rings is 1. The van der Waals surface area contributed by atoms with Crippen LogP contribution in [0.4, 0.5) is 0 Å². The van der Waals surface area contributed by atoms with Gasteiger partial charge in [0.25, 0.3) is 0 Å². The Labute approximate surface area is 112 Å². The third-order valence-corrected chi connectivity index (χ3v) is 2.85. The summed E-state index contributed by atoms with van der Waals surface area (Å²) in [4.78, 5) is 4.36. The topological polar surface area (TPSA) is 70.5 Å². The molecule has 5 heteroatoms. The predicted molar refractivity (Wildman–Crippen MR) is 72.5 cm³/mol. The van der Waals surface area contributed by atoms with E-state index in [-0.39, 0.29) is 0 Å². The highest BCUT2D eigenvalue weighted by Crippen LogP contribution is 2.35. The van der Waals surface area contributed by atoms with Gasteiger partial charge in [-0.2, -0.15) is 0 Å². The lowest BCUT2D eigenvalue weighted by atomic mass is 10.1. The van der Waals surface area contributed by atoms with Crippen molar-refractivity contribution in [3.63, 3.8) is 0 Å². The molecule has 0 unspecified atom stereocenters. The van der Waals surface area contributed by atoms with E-state index in [0.717, 1.165) is 22.8 Å². The number of benzene rings is 1. The summed E-state index contributed by atoms with van der Waals surface area (Å²) < 4.78 is 16.3. The third kappa shape index (κ3) is 2.71. The number of nitrogens with zero attached hydrogens (tertiary/aromatic N) is 1. The van der Waals surface area contributed by atoms with E-state index in [2.05, 4.69) is 4.98 Å². The molecule has 0 radical (unpaired) electrons. The second kappa shape index (κ2) is 5.75. The summed E-state index contributed by atoms with van der Waals surface area (Å²) in [6, 6.07) is 5.56. The van der Waals surface area contributed by atoms with Gasteiger partial charge in [-0.3, -0.25) is 0 Å². The summed E-state index contributed by atoms with van der Waals surface area (Å²) in [5.74, 6) is 2.80. The van der Waals surface area contributed by atoms with E-state index in [1.807, 2.05) is 25.1 Å². The van der Waals surface area contributed by atoms with E-state index in [9.17, 15) is 0 Å². The molecule has 2 N–H and O–H groups in total. The van der Waals surface area contributed by atoms with Crippen LogP contribution < -0.4 is 15.2 Å². The Hall–Kier alpha value is -2.01. The van der Waals surface area contributed by atoms with Crippen molar-refractivity contribution in [2.75, 3.05) is 20.8 Å². The molecular formula is C14H18N2O3. The van der Waals surface area contributed by atoms with Gasteiger partial charge < -0.3 is 19.6 Å². The van der Waals surface area contributed by atoms with Gasteiger partial charge in [-0.05, 0) is 25.1 Å². The first-order valence-electron chi connectivity index (χ1n) is 6.08. The van der Waals surface area contributed by atoms with Crippen LogP contribution in [0.15, 0.2) is 22.6 Å². The molecule has 2 aromatic rings. The van der Waals surface area contributed by atoms with Gasteiger partial charge in [0.05, 0.1) is 25.5 Å². The monoisotopic (exact) mass is 262 g/mol. The number of ether oxygens (including phenoxy) is 2. The number of nitrogens with two attached hydrogens (primary N) is 1. The SMILES string of the molecule is COc1ccc(OC)c(-c2oc(CCN)nc2C)c1.